The van der Waals surface area contributed by atoms with E-state index in [0.717, 1.165) is 25.0 Å². The Kier molecular flexibility index (Phi) is 6.60. The molecule has 1 aliphatic heterocycles. The van der Waals surface area contributed by atoms with E-state index in [1.165, 1.54) is 34.0 Å². The third kappa shape index (κ3) is 4.92. The molecule has 0 unspecified atom stereocenters. The summed E-state index contributed by atoms with van der Waals surface area (Å²) in [7, 11) is -3.56. The van der Waals surface area contributed by atoms with Crippen LogP contribution < -0.4 is 10.1 Å². The first-order valence-electron chi connectivity index (χ1n) is 10.7. The molecular weight excluding hydrogens is 416 g/mol. The molecule has 0 saturated carbocycles. The van der Waals surface area contributed by atoms with E-state index in [1.807, 2.05) is 12.1 Å². The monoisotopic (exact) mass is 444 g/mol. The summed E-state index contributed by atoms with van der Waals surface area (Å²) < 4.78 is 38.0. The number of carbonyl (C=O) groups excluding carboxylic acids is 1. The molecule has 31 heavy (non-hydrogen) atoms. The number of rotatable bonds is 6. The zero-order chi connectivity index (χ0) is 21.8. The lowest BCUT2D eigenvalue weighted by Crippen LogP contribution is -2.40. The Hall–Kier alpha value is -2.42. The Balaban J connectivity index is 1.39. The van der Waals surface area contributed by atoms with Crippen LogP contribution in [0.15, 0.2) is 47.4 Å². The molecule has 1 aliphatic carbocycles. The van der Waals surface area contributed by atoms with Crippen molar-refractivity contribution in [3.63, 3.8) is 0 Å². The van der Waals surface area contributed by atoms with Gasteiger partial charge in [-0.1, -0.05) is 12.1 Å². The van der Waals surface area contributed by atoms with Gasteiger partial charge in [-0.05, 0) is 74.1 Å². The molecule has 2 aromatic carbocycles. The quantitative estimate of drug-likeness (QED) is 0.740. The van der Waals surface area contributed by atoms with Gasteiger partial charge in [-0.2, -0.15) is 4.31 Å². The molecule has 4 rings (SSSR count). The Morgan fingerprint density at radius 3 is 2.52 bits per heavy atom. The molecule has 1 saturated heterocycles. The molecule has 166 valence electrons. The third-order valence-electron chi connectivity index (χ3n) is 5.76. The molecule has 0 spiro atoms. The summed E-state index contributed by atoms with van der Waals surface area (Å²) in [6.07, 6.45) is 3.66. The minimum Gasteiger partial charge on any atom is -0.481 e. The number of hydrogen-bond donors (Lipinski definition) is 1. The lowest BCUT2D eigenvalue weighted by Gasteiger charge is -2.26. The average molecular weight is 445 g/mol. The molecule has 1 amide bonds. The van der Waals surface area contributed by atoms with Gasteiger partial charge >= 0.3 is 0 Å². The summed E-state index contributed by atoms with van der Waals surface area (Å²) in [4.78, 5) is 12.8. The topological polar surface area (TPSA) is 84.9 Å². The zero-order valence-electron chi connectivity index (χ0n) is 17.7. The fraction of sp³-hybridized carbons (Fsp3) is 0.435. The van der Waals surface area contributed by atoms with E-state index < -0.39 is 16.1 Å². The molecule has 1 atom stereocenters. The predicted molar refractivity (Wildman–Crippen MR) is 118 cm³/mol. The summed E-state index contributed by atoms with van der Waals surface area (Å²) in [5, 5.41) is 2.81. The molecule has 7 nitrogen and oxygen atoms in total. The molecule has 0 aromatic heterocycles. The number of amides is 1. The van der Waals surface area contributed by atoms with Crippen LogP contribution in [0.5, 0.6) is 5.75 Å². The maximum Gasteiger partial charge on any atom is 0.265 e. The number of nitrogens with one attached hydrogen (secondary N) is 1. The molecular formula is C23H28N2O5S. The second kappa shape index (κ2) is 9.38. The van der Waals surface area contributed by atoms with E-state index in [0.29, 0.717) is 32.0 Å². The van der Waals surface area contributed by atoms with Crippen molar-refractivity contribution in [3.8, 4) is 5.75 Å². The molecule has 1 heterocycles. The number of carbonyl (C=O) groups is 1. The van der Waals surface area contributed by atoms with Crippen molar-refractivity contribution in [2.45, 2.75) is 43.6 Å². The van der Waals surface area contributed by atoms with Crippen LogP contribution in [-0.2, 0) is 32.4 Å². The van der Waals surface area contributed by atoms with E-state index in [4.69, 9.17) is 9.47 Å². The van der Waals surface area contributed by atoms with Gasteiger partial charge in [-0.15, -0.1) is 0 Å². The van der Waals surface area contributed by atoms with Crippen LogP contribution in [0.3, 0.4) is 0 Å². The first kappa shape index (κ1) is 21.8. The number of sulfonamides is 1. The van der Waals surface area contributed by atoms with E-state index in [2.05, 4.69) is 11.4 Å². The summed E-state index contributed by atoms with van der Waals surface area (Å²) in [6.45, 7) is 3.21. The molecule has 0 radical (unpaired) electrons. The number of anilines is 1. The second-order valence-electron chi connectivity index (χ2n) is 7.89. The molecule has 1 N–H and O–H groups in total. The van der Waals surface area contributed by atoms with Crippen molar-refractivity contribution in [1.29, 1.82) is 0 Å². The molecule has 0 bridgehead atoms. The fourth-order valence-electron chi connectivity index (χ4n) is 3.99. The average Bonchev–Trinajstić information content (AvgIpc) is 2.80. The molecule has 8 heteroatoms. The lowest BCUT2D eigenvalue weighted by molar-refractivity contribution is -0.122. The minimum absolute atomic E-state index is 0.201. The number of nitrogens with zero attached hydrogens (tertiary/aromatic N) is 1. The number of aryl methyl sites for hydroxylation is 1. The fourth-order valence-corrected chi connectivity index (χ4v) is 5.40. The molecule has 2 aliphatic rings. The van der Waals surface area contributed by atoms with Crippen LogP contribution in [0.4, 0.5) is 5.69 Å². The number of benzene rings is 2. The van der Waals surface area contributed by atoms with Gasteiger partial charge in [0.05, 0.1) is 18.1 Å². The van der Waals surface area contributed by atoms with Gasteiger partial charge in [-0.3, -0.25) is 4.79 Å². The van der Waals surface area contributed by atoms with E-state index >= 15 is 0 Å². The normalized spacial score (nSPS) is 18.1. The third-order valence-corrected chi connectivity index (χ3v) is 7.67. The maximum absolute atomic E-state index is 12.7. The van der Waals surface area contributed by atoms with Gasteiger partial charge in [0.2, 0.25) is 10.0 Å². The highest BCUT2D eigenvalue weighted by molar-refractivity contribution is 7.89. The van der Waals surface area contributed by atoms with Crippen LogP contribution in [0.25, 0.3) is 0 Å². The molecule has 1 fully saturated rings. The maximum atomic E-state index is 12.7. The van der Waals surface area contributed by atoms with Gasteiger partial charge in [-0.25, -0.2) is 8.42 Å². The second-order valence-corrected chi connectivity index (χ2v) is 9.83. The number of morpholine rings is 1. The Bertz CT molecular complexity index is 1030. The minimum atomic E-state index is -3.56. The highest BCUT2D eigenvalue weighted by Crippen LogP contribution is 2.30. The highest BCUT2D eigenvalue weighted by Gasteiger charge is 2.26. The van der Waals surface area contributed by atoms with Gasteiger partial charge in [0.15, 0.2) is 6.10 Å². The van der Waals surface area contributed by atoms with Crippen LogP contribution in [-0.4, -0.2) is 51.0 Å². The largest absolute Gasteiger partial charge is 0.481 e. The van der Waals surface area contributed by atoms with Crippen LogP contribution >= 0.6 is 0 Å². The number of hydrogen-bond acceptors (Lipinski definition) is 5. The van der Waals surface area contributed by atoms with Gasteiger partial charge in [0.25, 0.3) is 5.91 Å². The van der Waals surface area contributed by atoms with Crippen molar-refractivity contribution in [2.24, 2.45) is 0 Å². The standard InChI is InChI=1S/C23H28N2O5S/c1-17(30-22-8-4-6-18-5-2-3-7-21(18)22)23(26)24-19-9-11-20(12-10-19)31(27,28)25-13-15-29-16-14-25/h4,6,8-12,17H,2-3,5,7,13-16H2,1H3,(H,24,26)/t17-/m0/s1. The Morgan fingerprint density at radius 2 is 1.77 bits per heavy atom. The smallest absolute Gasteiger partial charge is 0.265 e. The first-order chi connectivity index (χ1) is 14.9. The first-order valence-corrected chi connectivity index (χ1v) is 12.2. The van der Waals surface area contributed by atoms with Gasteiger partial charge in [0.1, 0.15) is 5.75 Å². The van der Waals surface area contributed by atoms with Crippen molar-refractivity contribution >= 4 is 21.6 Å². The van der Waals surface area contributed by atoms with E-state index in [1.54, 1.807) is 19.1 Å². The van der Waals surface area contributed by atoms with Gasteiger partial charge < -0.3 is 14.8 Å². The summed E-state index contributed by atoms with van der Waals surface area (Å²) in [6, 6.07) is 12.2. The summed E-state index contributed by atoms with van der Waals surface area (Å²) in [5.41, 5.74) is 3.02. The zero-order valence-corrected chi connectivity index (χ0v) is 18.5. The highest BCUT2D eigenvalue weighted by atomic mass is 32.2. The van der Waals surface area contributed by atoms with Crippen molar-refractivity contribution in [1.82, 2.24) is 4.31 Å². The van der Waals surface area contributed by atoms with Crippen LogP contribution in [0, 0.1) is 0 Å². The lowest BCUT2D eigenvalue weighted by atomic mass is 9.91. The van der Waals surface area contributed by atoms with Crippen LogP contribution in [0.1, 0.15) is 30.9 Å². The van der Waals surface area contributed by atoms with E-state index in [-0.39, 0.29) is 10.8 Å². The summed E-state index contributed by atoms with van der Waals surface area (Å²) in [5.74, 6) is 0.490. The Morgan fingerprint density at radius 1 is 1.06 bits per heavy atom. The van der Waals surface area contributed by atoms with Crippen LogP contribution in [0.2, 0.25) is 0 Å². The summed E-state index contributed by atoms with van der Waals surface area (Å²) >= 11 is 0. The van der Waals surface area contributed by atoms with Crippen molar-refractivity contribution in [3.05, 3.63) is 53.6 Å². The molecule has 2 aromatic rings. The SMILES string of the molecule is C[C@H](Oc1cccc2c1CCCC2)C(=O)Nc1ccc(S(=O)(=O)N2CCOCC2)cc1. The number of fused-ring (bicyclic) bond motifs is 1. The predicted octanol–water partition coefficient (Wildman–Crippen LogP) is 2.99. The van der Waals surface area contributed by atoms with Gasteiger partial charge in [0, 0.05) is 18.8 Å². The van der Waals surface area contributed by atoms with E-state index in [9.17, 15) is 13.2 Å². The Labute approximate surface area is 183 Å². The number of ether oxygens (including phenoxy) is 2. The van der Waals surface area contributed by atoms with Crippen molar-refractivity contribution in [2.75, 3.05) is 31.6 Å². The van der Waals surface area contributed by atoms with Crippen molar-refractivity contribution < 1.29 is 22.7 Å².